The maximum Gasteiger partial charge on any atom is 0.0920 e. The number of piperidine rings is 1. The van der Waals surface area contributed by atoms with Crippen LogP contribution in [0.2, 0.25) is 0 Å². The molecule has 112 valence electrons. The van der Waals surface area contributed by atoms with Crippen molar-refractivity contribution in [2.24, 2.45) is 0 Å². The van der Waals surface area contributed by atoms with Crippen LogP contribution in [0.5, 0.6) is 0 Å². The Bertz CT molecular complexity index is 427. The third-order valence-corrected chi connectivity index (χ3v) is 4.67. The largest absolute Gasteiger partial charge is 0.385 e. The molecule has 0 bridgehead atoms. The lowest BCUT2D eigenvalue weighted by Crippen LogP contribution is -2.39. The first-order chi connectivity index (χ1) is 9.55. The van der Waals surface area contributed by atoms with Gasteiger partial charge >= 0.3 is 0 Å². The summed E-state index contributed by atoms with van der Waals surface area (Å²) in [7, 11) is 2.17. The summed E-state index contributed by atoms with van der Waals surface area (Å²) in [6.45, 7) is 7.21. The van der Waals surface area contributed by atoms with E-state index in [0.29, 0.717) is 6.04 Å². The zero-order valence-electron chi connectivity index (χ0n) is 13.0. The Morgan fingerprint density at radius 3 is 2.70 bits per heavy atom. The molecule has 0 aliphatic carbocycles. The zero-order valence-corrected chi connectivity index (χ0v) is 13.0. The van der Waals surface area contributed by atoms with Gasteiger partial charge in [-0.2, -0.15) is 0 Å². The SMILES string of the molecule is CC[C@@H](C)N(C)Cc1cccc(C2(O)CCNCC2)c1. The maximum absolute atomic E-state index is 10.8. The third kappa shape index (κ3) is 3.60. The van der Waals surface area contributed by atoms with Gasteiger partial charge in [-0.15, -0.1) is 0 Å². The molecule has 0 radical (unpaired) electrons. The fraction of sp³-hybridized carbons (Fsp3) is 0.647. The van der Waals surface area contributed by atoms with E-state index in [1.54, 1.807) is 0 Å². The Hall–Kier alpha value is -0.900. The number of nitrogens with zero attached hydrogens (tertiary/aromatic N) is 1. The summed E-state index contributed by atoms with van der Waals surface area (Å²) in [6, 6.07) is 9.07. The van der Waals surface area contributed by atoms with Crippen LogP contribution < -0.4 is 5.32 Å². The van der Waals surface area contributed by atoms with Gasteiger partial charge in [-0.1, -0.05) is 31.2 Å². The van der Waals surface area contributed by atoms with Crippen LogP contribution in [0.1, 0.15) is 44.2 Å². The highest BCUT2D eigenvalue weighted by Gasteiger charge is 2.31. The van der Waals surface area contributed by atoms with Crippen LogP contribution in [-0.2, 0) is 12.1 Å². The van der Waals surface area contributed by atoms with Gasteiger partial charge in [0.15, 0.2) is 0 Å². The topological polar surface area (TPSA) is 35.5 Å². The molecule has 1 fully saturated rings. The van der Waals surface area contributed by atoms with Crippen LogP contribution in [0, 0.1) is 0 Å². The molecule has 1 aliphatic heterocycles. The molecule has 3 nitrogen and oxygen atoms in total. The number of benzene rings is 1. The van der Waals surface area contributed by atoms with E-state index in [2.05, 4.69) is 55.4 Å². The minimum absolute atomic E-state index is 0.584. The summed E-state index contributed by atoms with van der Waals surface area (Å²) in [4.78, 5) is 2.37. The van der Waals surface area contributed by atoms with Crippen molar-refractivity contribution in [1.29, 1.82) is 0 Å². The molecule has 20 heavy (non-hydrogen) atoms. The Morgan fingerprint density at radius 2 is 2.05 bits per heavy atom. The Labute approximate surface area is 123 Å². The first-order valence-electron chi connectivity index (χ1n) is 7.78. The first kappa shape index (κ1) is 15.5. The van der Waals surface area contributed by atoms with Crippen LogP contribution in [0.4, 0.5) is 0 Å². The molecule has 0 spiro atoms. The van der Waals surface area contributed by atoms with Gasteiger partial charge < -0.3 is 10.4 Å². The lowest BCUT2D eigenvalue weighted by atomic mass is 9.84. The van der Waals surface area contributed by atoms with Gasteiger partial charge in [0.1, 0.15) is 0 Å². The minimum Gasteiger partial charge on any atom is -0.385 e. The van der Waals surface area contributed by atoms with E-state index in [1.807, 2.05) is 0 Å². The van der Waals surface area contributed by atoms with Crippen molar-refractivity contribution in [3.63, 3.8) is 0 Å². The quantitative estimate of drug-likeness (QED) is 0.867. The van der Waals surface area contributed by atoms with Crippen LogP contribution >= 0.6 is 0 Å². The minimum atomic E-state index is -0.643. The van der Waals surface area contributed by atoms with Gasteiger partial charge in [-0.25, -0.2) is 0 Å². The second kappa shape index (κ2) is 6.70. The van der Waals surface area contributed by atoms with Crippen molar-refractivity contribution in [2.75, 3.05) is 20.1 Å². The predicted molar refractivity (Wildman–Crippen MR) is 83.7 cm³/mol. The van der Waals surface area contributed by atoms with Gasteiger partial charge in [-0.05, 0) is 57.5 Å². The molecular weight excluding hydrogens is 248 g/mol. The van der Waals surface area contributed by atoms with Crippen LogP contribution in [-0.4, -0.2) is 36.2 Å². The maximum atomic E-state index is 10.8. The predicted octanol–water partition coefficient (Wildman–Crippen LogP) is 2.49. The monoisotopic (exact) mass is 276 g/mol. The Balaban J connectivity index is 2.11. The number of nitrogens with one attached hydrogen (secondary N) is 1. The molecule has 0 unspecified atom stereocenters. The summed E-state index contributed by atoms with van der Waals surface area (Å²) in [5.41, 5.74) is 1.72. The molecule has 0 saturated carbocycles. The van der Waals surface area contributed by atoms with E-state index in [4.69, 9.17) is 0 Å². The molecule has 3 heteroatoms. The van der Waals surface area contributed by atoms with E-state index in [1.165, 1.54) is 5.56 Å². The van der Waals surface area contributed by atoms with Gasteiger partial charge in [0.2, 0.25) is 0 Å². The molecular formula is C17H28N2O. The highest BCUT2D eigenvalue weighted by Crippen LogP contribution is 2.31. The molecule has 1 aliphatic rings. The summed E-state index contributed by atoms with van der Waals surface area (Å²) in [6.07, 6.45) is 2.76. The Kier molecular flexibility index (Phi) is 5.19. The molecule has 1 atom stereocenters. The highest BCUT2D eigenvalue weighted by molar-refractivity contribution is 5.29. The van der Waals surface area contributed by atoms with Crippen molar-refractivity contribution in [3.05, 3.63) is 35.4 Å². The fourth-order valence-electron chi connectivity index (χ4n) is 2.84. The number of rotatable bonds is 5. The smallest absolute Gasteiger partial charge is 0.0920 e. The van der Waals surface area contributed by atoms with Crippen LogP contribution in [0.15, 0.2) is 24.3 Å². The molecule has 1 heterocycles. The van der Waals surface area contributed by atoms with Crippen molar-refractivity contribution >= 4 is 0 Å². The number of hydrogen-bond donors (Lipinski definition) is 2. The van der Waals surface area contributed by atoms with E-state index >= 15 is 0 Å². The number of aliphatic hydroxyl groups is 1. The third-order valence-electron chi connectivity index (χ3n) is 4.67. The Morgan fingerprint density at radius 1 is 1.35 bits per heavy atom. The number of hydrogen-bond acceptors (Lipinski definition) is 3. The van der Waals surface area contributed by atoms with Gasteiger partial charge in [0.25, 0.3) is 0 Å². The summed E-state index contributed by atoms with van der Waals surface area (Å²) in [5, 5.41) is 14.1. The molecule has 0 aromatic heterocycles. The lowest BCUT2D eigenvalue weighted by Gasteiger charge is -2.33. The van der Waals surface area contributed by atoms with Crippen molar-refractivity contribution < 1.29 is 5.11 Å². The van der Waals surface area contributed by atoms with Gasteiger partial charge in [0, 0.05) is 12.6 Å². The van der Waals surface area contributed by atoms with Gasteiger partial charge in [0.05, 0.1) is 5.60 Å². The summed E-state index contributed by atoms with van der Waals surface area (Å²) >= 11 is 0. The second-order valence-corrected chi connectivity index (χ2v) is 6.15. The summed E-state index contributed by atoms with van der Waals surface area (Å²) in [5.74, 6) is 0. The average molecular weight is 276 g/mol. The van der Waals surface area contributed by atoms with Crippen LogP contribution in [0.3, 0.4) is 0 Å². The molecule has 1 aromatic rings. The zero-order chi connectivity index (χ0) is 14.6. The highest BCUT2D eigenvalue weighted by atomic mass is 16.3. The average Bonchev–Trinajstić information content (AvgIpc) is 2.47. The molecule has 1 aromatic carbocycles. The summed E-state index contributed by atoms with van der Waals surface area (Å²) < 4.78 is 0. The van der Waals surface area contributed by atoms with Crippen molar-refractivity contribution in [1.82, 2.24) is 10.2 Å². The molecule has 2 N–H and O–H groups in total. The van der Waals surface area contributed by atoms with E-state index in [9.17, 15) is 5.11 Å². The lowest BCUT2D eigenvalue weighted by molar-refractivity contribution is 0.00582. The molecule has 0 amide bonds. The van der Waals surface area contributed by atoms with Crippen molar-refractivity contribution in [3.8, 4) is 0 Å². The van der Waals surface area contributed by atoms with Gasteiger partial charge in [-0.3, -0.25) is 4.90 Å². The second-order valence-electron chi connectivity index (χ2n) is 6.15. The standard InChI is InChI=1S/C17H28N2O/c1-4-14(2)19(3)13-15-6-5-7-16(12-15)17(20)8-10-18-11-9-17/h5-7,12,14,18,20H,4,8-11,13H2,1-3H3/t14-/m1/s1. The van der Waals surface area contributed by atoms with E-state index in [0.717, 1.165) is 44.5 Å². The van der Waals surface area contributed by atoms with Crippen LogP contribution in [0.25, 0.3) is 0 Å². The van der Waals surface area contributed by atoms with E-state index in [-0.39, 0.29) is 0 Å². The van der Waals surface area contributed by atoms with Crippen molar-refractivity contribution in [2.45, 2.75) is 51.3 Å². The molecule has 2 rings (SSSR count). The first-order valence-corrected chi connectivity index (χ1v) is 7.78. The van der Waals surface area contributed by atoms with E-state index < -0.39 is 5.60 Å². The molecule has 1 saturated heterocycles. The fourth-order valence-corrected chi connectivity index (χ4v) is 2.84. The normalized spacial score (nSPS) is 20.1.